The lowest BCUT2D eigenvalue weighted by Crippen LogP contribution is -2.26. The molecule has 2 N–H and O–H groups in total. The van der Waals surface area contributed by atoms with Gasteiger partial charge in [0.25, 0.3) is 10.0 Å². The van der Waals surface area contributed by atoms with Crippen molar-refractivity contribution in [3.8, 4) is 0 Å². The first kappa shape index (κ1) is 15.9. The fourth-order valence-electron chi connectivity index (χ4n) is 2.04. The summed E-state index contributed by atoms with van der Waals surface area (Å²) in [6.45, 7) is 5.42. The van der Waals surface area contributed by atoms with Gasteiger partial charge in [-0.15, -0.1) is 0 Å². The first-order valence-electron chi connectivity index (χ1n) is 6.64. The van der Waals surface area contributed by atoms with E-state index in [9.17, 15) is 13.2 Å². The van der Waals surface area contributed by atoms with Crippen LogP contribution in [0.3, 0.4) is 0 Å². The maximum Gasteiger partial charge on any atom is 0.305 e. The molecule has 7 heteroatoms. The molecular formula is C14H18N2O3S2. The number of H-pyrrole nitrogens is 1. The van der Waals surface area contributed by atoms with E-state index in [1.54, 1.807) is 13.8 Å². The van der Waals surface area contributed by atoms with Gasteiger partial charge >= 0.3 is 4.87 Å². The third-order valence-corrected chi connectivity index (χ3v) is 6.39. The molecule has 1 atom stereocenters. The van der Waals surface area contributed by atoms with Crippen molar-refractivity contribution in [1.82, 2.24) is 9.71 Å². The molecule has 0 amide bonds. The highest BCUT2D eigenvalue weighted by Gasteiger charge is 2.23. The van der Waals surface area contributed by atoms with E-state index < -0.39 is 10.0 Å². The Kier molecular flexibility index (Phi) is 4.65. The van der Waals surface area contributed by atoms with Gasteiger partial charge in [-0.2, -0.15) is 0 Å². The van der Waals surface area contributed by atoms with Crippen molar-refractivity contribution in [3.63, 3.8) is 0 Å². The van der Waals surface area contributed by atoms with Crippen molar-refractivity contribution in [3.05, 3.63) is 50.8 Å². The maximum atomic E-state index is 12.3. The van der Waals surface area contributed by atoms with Crippen LogP contribution in [0.25, 0.3) is 0 Å². The number of aromatic nitrogens is 1. The lowest BCUT2D eigenvalue weighted by Gasteiger charge is -2.14. The topological polar surface area (TPSA) is 79.0 Å². The third kappa shape index (κ3) is 3.61. The summed E-state index contributed by atoms with van der Waals surface area (Å²) in [5.74, 6) is 0. The second-order valence-electron chi connectivity index (χ2n) is 4.87. The van der Waals surface area contributed by atoms with Gasteiger partial charge in [0.1, 0.15) is 0 Å². The molecule has 0 aliphatic heterocycles. The third-order valence-electron chi connectivity index (χ3n) is 3.25. The van der Waals surface area contributed by atoms with Gasteiger partial charge in [0, 0.05) is 11.7 Å². The first-order valence-corrected chi connectivity index (χ1v) is 8.94. The summed E-state index contributed by atoms with van der Waals surface area (Å²) in [4.78, 5) is 13.4. The Balaban J connectivity index is 2.23. The highest BCUT2D eigenvalue weighted by molar-refractivity contribution is 7.91. The second-order valence-corrected chi connectivity index (χ2v) is 7.76. The average molecular weight is 326 g/mol. The second kappa shape index (κ2) is 6.13. The minimum absolute atomic E-state index is 0.0459. The highest BCUT2D eigenvalue weighted by Crippen LogP contribution is 2.20. The van der Waals surface area contributed by atoms with Crippen molar-refractivity contribution in [2.45, 2.75) is 37.4 Å². The molecular weight excluding hydrogens is 308 g/mol. The van der Waals surface area contributed by atoms with Gasteiger partial charge in [-0.3, -0.25) is 4.79 Å². The maximum absolute atomic E-state index is 12.3. The standard InChI is InChI=1S/C14H18N2O3S2/c1-4-11-5-7-12(8-6-11)9(2)16-21(18,19)13-10(3)15-14(17)20-13/h5-9,16H,4H2,1-3H3,(H,15,17). The molecule has 0 saturated carbocycles. The summed E-state index contributed by atoms with van der Waals surface area (Å²) >= 11 is 0.703. The Hall–Kier alpha value is -1.44. The molecule has 1 aromatic carbocycles. The quantitative estimate of drug-likeness (QED) is 0.885. The van der Waals surface area contributed by atoms with Crippen LogP contribution in [0.2, 0.25) is 0 Å². The fourth-order valence-corrected chi connectivity index (χ4v) is 4.59. The van der Waals surface area contributed by atoms with Crippen LogP contribution in [0.1, 0.15) is 36.7 Å². The van der Waals surface area contributed by atoms with Crippen molar-refractivity contribution >= 4 is 21.4 Å². The Morgan fingerprint density at radius 1 is 1.29 bits per heavy atom. The summed E-state index contributed by atoms with van der Waals surface area (Å²) in [7, 11) is -3.70. The molecule has 114 valence electrons. The van der Waals surface area contributed by atoms with Crippen LogP contribution in [0, 0.1) is 6.92 Å². The summed E-state index contributed by atoms with van der Waals surface area (Å²) in [6.07, 6.45) is 0.941. The predicted octanol–water partition coefficient (Wildman–Crippen LogP) is 2.35. The largest absolute Gasteiger partial charge is 0.315 e. The van der Waals surface area contributed by atoms with E-state index >= 15 is 0 Å². The number of hydrogen-bond acceptors (Lipinski definition) is 4. The van der Waals surface area contributed by atoms with Crippen molar-refractivity contribution in [2.75, 3.05) is 0 Å². The number of aryl methyl sites for hydroxylation is 2. The summed E-state index contributed by atoms with van der Waals surface area (Å²) in [6, 6.07) is 7.44. The average Bonchev–Trinajstić information content (AvgIpc) is 2.78. The normalized spacial score (nSPS) is 13.3. The van der Waals surface area contributed by atoms with E-state index in [4.69, 9.17) is 0 Å². The first-order chi connectivity index (χ1) is 9.83. The SMILES string of the molecule is CCc1ccc(C(C)NS(=O)(=O)c2sc(=O)[nH]c2C)cc1. The lowest BCUT2D eigenvalue weighted by atomic mass is 10.1. The van der Waals surface area contributed by atoms with Crippen LogP contribution in [0.15, 0.2) is 33.3 Å². The minimum atomic E-state index is -3.70. The molecule has 2 rings (SSSR count). The van der Waals surface area contributed by atoms with Crippen molar-refractivity contribution in [1.29, 1.82) is 0 Å². The van der Waals surface area contributed by atoms with Gasteiger partial charge in [0.05, 0.1) is 0 Å². The van der Waals surface area contributed by atoms with Crippen LogP contribution in [-0.2, 0) is 16.4 Å². The van der Waals surface area contributed by atoms with Gasteiger partial charge in [0.2, 0.25) is 0 Å². The predicted molar refractivity (Wildman–Crippen MR) is 84.2 cm³/mol. The van der Waals surface area contributed by atoms with E-state index in [1.165, 1.54) is 5.56 Å². The van der Waals surface area contributed by atoms with Gasteiger partial charge in [-0.25, -0.2) is 13.1 Å². The molecule has 1 aromatic heterocycles. The van der Waals surface area contributed by atoms with Crippen molar-refractivity contribution in [2.24, 2.45) is 0 Å². The van der Waals surface area contributed by atoms with Crippen LogP contribution >= 0.6 is 11.3 Å². The Morgan fingerprint density at radius 2 is 1.90 bits per heavy atom. The number of rotatable bonds is 5. The molecule has 0 aliphatic rings. The van der Waals surface area contributed by atoms with Crippen LogP contribution in [0.5, 0.6) is 0 Å². The molecule has 0 aliphatic carbocycles. The molecule has 2 aromatic rings. The molecule has 0 spiro atoms. The van der Waals surface area contributed by atoms with E-state index in [0.717, 1.165) is 12.0 Å². The number of thiazole rings is 1. The molecule has 1 unspecified atom stereocenters. The molecule has 0 saturated heterocycles. The van der Waals surface area contributed by atoms with E-state index in [1.807, 2.05) is 24.3 Å². The number of benzene rings is 1. The Labute approximate surface area is 128 Å². The van der Waals surface area contributed by atoms with Crippen LogP contribution in [0.4, 0.5) is 0 Å². The fraction of sp³-hybridized carbons (Fsp3) is 0.357. The number of hydrogen-bond donors (Lipinski definition) is 2. The molecule has 0 radical (unpaired) electrons. The zero-order chi connectivity index (χ0) is 15.6. The Bertz CT molecular complexity index is 773. The van der Waals surface area contributed by atoms with E-state index in [2.05, 4.69) is 16.6 Å². The van der Waals surface area contributed by atoms with E-state index in [-0.39, 0.29) is 15.1 Å². The van der Waals surface area contributed by atoms with Gasteiger partial charge in [0.15, 0.2) is 4.21 Å². The smallest absolute Gasteiger partial charge is 0.305 e. The Morgan fingerprint density at radius 3 is 2.38 bits per heavy atom. The van der Waals surface area contributed by atoms with Gasteiger partial charge < -0.3 is 4.98 Å². The van der Waals surface area contributed by atoms with Gasteiger partial charge in [-0.1, -0.05) is 42.5 Å². The number of nitrogens with one attached hydrogen (secondary N) is 2. The van der Waals surface area contributed by atoms with E-state index in [0.29, 0.717) is 17.0 Å². The molecule has 1 heterocycles. The monoisotopic (exact) mass is 326 g/mol. The summed E-state index contributed by atoms with van der Waals surface area (Å²) in [5, 5.41) is 0. The lowest BCUT2D eigenvalue weighted by molar-refractivity contribution is 0.568. The molecule has 0 bridgehead atoms. The summed E-state index contributed by atoms with van der Waals surface area (Å²) < 4.78 is 27.3. The molecule has 5 nitrogen and oxygen atoms in total. The van der Waals surface area contributed by atoms with Crippen molar-refractivity contribution < 1.29 is 8.42 Å². The zero-order valence-corrected chi connectivity index (χ0v) is 13.8. The van der Waals surface area contributed by atoms with Gasteiger partial charge in [-0.05, 0) is 31.4 Å². The molecule has 21 heavy (non-hydrogen) atoms. The van der Waals surface area contributed by atoms with Crippen LogP contribution in [-0.4, -0.2) is 13.4 Å². The number of aromatic amines is 1. The number of sulfonamides is 1. The highest BCUT2D eigenvalue weighted by atomic mass is 32.2. The summed E-state index contributed by atoms with van der Waals surface area (Å²) in [5.41, 5.74) is 2.45. The zero-order valence-electron chi connectivity index (χ0n) is 12.1. The van der Waals surface area contributed by atoms with Crippen LogP contribution < -0.4 is 9.60 Å². The molecule has 0 fully saturated rings. The minimum Gasteiger partial charge on any atom is -0.315 e.